The van der Waals surface area contributed by atoms with Gasteiger partial charge in [0.2, 0.25) is 5.91 Å². The minimum atomic E-state index is -0.311. The van der Waals surface area contributed by atoms with Gasteiger partial charge in [0.25, 0.3) is 0 Å². The highest BCUT2D eigenvalue weighted by Crippen LogP contribution is 2.27. The summed E-state index contributed by atoms with van der Waals surface area (Å²) in [7, 11) is 0. The molecule has 1 aliphatic rings. The maximum absolute atomic E-state index is 12.0. The smallest absolute Gasteiger partial charge is 0.338 e. The van der Waals surface area contributed by atoms with Crippen LogP contribution in [0.5, 0.6) is 0 Å². The van der Waals surface area contributed by atoms with Crippen molar-refractivity contribution in [2.75, 3.05) is 13.2 Å². The summed E-state index contributed by atoms with van der Waals surface area (Å²) in [6.07, 6.45) is 3.68. The van der Waals surface area contributed by atoms with E-state index < -0.39 is 0 Å². The van der Waals surface area contributed by atoms with E-state index in [2.05, 4.69) is 22.9 Å². The van der Waals surface area contributed by atoms with Crippen molar-refractivity contribution in [1.29, 1.82) is 0 Å². The summed E-state index contributed by atoms with van der Waals surface area (Å²) in [6, 6.07) is 15.6. The van der Waals surface area contributed by atoms with E-state index in [1.807, 2.05) is 29.2 Å². The maximum atomic E-state index is 12.0. The van der Waals surface area contributed by atoms with Crippen LogP contribution in [0.15, 0.2) is 54.7 Å². The summed E-state index contributed by atoms with van der Waals surface area (Å²) in [4.78, 5) is 25.8. The molecule has 1 aromatic heterocycles. The van der Waals surface area contributed by atoms with Crippen LogP contribution >= 0.6 is 0 Å². The van der Waals surface area contributed by atoms with Crippen molar-refractivity contribution in [2.45, 2.75) is 26.3 Å². The largest absolute Gasteiger partial charge is 0.462 e. The van der Waals surface area contributed by atoms with Gasteiger partial charge in [-0.05, 0) is 49.2 Å². The maximum Gasteiger partial charge on any atom is 0.338 e. The van der Waals surface area contributed by atoms with Crippen LogP contribution in [0.4, 0.5) is 0 Å². The molecule has 138 valence electrons. The summed E-state index contributed by atoms with van der Waals surface area (Å²) >= 11 is 0. The number of carbonyl (C=O) groups excluding carboxylic acids is 2. The standard InChI is InChI=1S/C22H22N2O3/c1-2-27-22(26)16-9-11-18(12-10-16)24-15-17(14-23-13-5-8-21(23)25)19-6-3-4-7-20(19)24/h3-4,6-7,9-12,15H,2,5,8,13-14H2,1H3. The molecule has 1 aliphatic heterocycles. The minimum absolute atomic E-state index is 0.227. The number of likely N-dealkylation sites (tertiary alicyclic amines) is 1. The average Bonchev–Trinajstić information content (AvgIpc) is 3.26. The molecule has 5 heteroatoms. The Morgan fingerprint density at radius 3 is 2.59 bits per heavy atom. The Kier molecular flexibility index (Phi) is 4.67. The van der Waals surface area contributed by atoms with Gasteiger partial charge in [0, 0.05) is 36.8 Å². The van der Waals surface area contributed by atoms with Crippen LogP contribution in [0.3, 0.4) is 0 Å². The fraction of sp³-hybridized carbons (Fsp3) is 0.273. The number of aromatic nitrogens is 1. The van der Waals surface area contributed by atoms with E-state index >= 15 is 0 Å². The molecule has 0 N–H and O–H groups in total. The van der Waals surface area contributed by atoms with Gasteiger partial charge in [0.1, 0.15) is 0 Å². The summed E-state index contributed by atoms with van der Waals surface area (Å²) in [6.45, 7) is 3.62. The van der Waals surface area contributed by atoms with E-state index in [1.165, 1.54) is 0 Å². The molecule has 0 bridgehead atoms. The number of hydrogen-bond acceptors (Lipinski definition) is 3. The van der Waals surface area contributed by atoms with Gasteiger partial charge in [0.05, 0.1) is 17.7 Å². The van der Waals surface area contributed by atoms with Crippen LogP contribution in [0.25, 0.3) is 16.6 Å². The van der Waals surface area contributed by atoms with Gasteiger partial charge >= 0.3 is 5.97 Å². The van der Waals surface area contributed by atoms with Crippen molar-refractivity contribution >= 4 is 22.8 Å². The van der Waals surface area contributed by atoms with E-state index in [9.17, 15) is 9.59 Å². The topological polar surface area (TPSA) is 51.5 Å². The predicted octanol–water partition coefficient (Wildman–Crippen LogP) is 3.93. The molecule has 27 heavy (non-hydrogen) atoms. The number of nitrogens with zero attached hydrogens (tertiary/aromatic N) is 2. The lowest BCUT2D eigenvalue weighted by atomic mass is 10.1. The number of ether oxygens (including phenoxy) is 1. The van der Waals surface area contributed by atoms with Crippen molar-refractivity contribution in [1.82, 2.24) is 9.47 Å². The summed E-state index contributed by atoms with van der Waals surface area (Å²) in [5.41, 5.74) is 3.73. The molecule has 0 saturated carbocycles. The van der Waals surface area contributed by atoms with E-state index in [0.717, 1.165) is 35.1 Å². The van der Waals surface area contributed by atoms with Crippen LogP contribution in [-0.4, -0.2) is 34.5 Å². The van der Waals surface area contributed by atoms with E-state index in [-0.39, 0.29) is 11.9 Å². The minimum Gasteiger partial charge on any atom is -0.462 e. The highest BCUT2D eigenvalue weighted by Gasteiger charge is 2.22. The van der Waals surface area contributed by atoms with Crippen molar-refractivity contribution in [3.05, 3.63) is 65.9 Å². The molecule has 4 rings (SSSR count). The third kappa shape index (κ3) is 3.33. The fourth-order valence-corrected chi connectivity index (χ4v) is 3.64. The van der Waals surface area contributed by atoms with Gasteiger partial charge in [-0.25, -0.2) is 4.79 Å². The van der Waals surface area contributed by atoms with Crippen LogP contribution in [0.2, 0.25) is 0 Å². The van der Waals surface area contributed by atoms with E-state index in [4.69, 9.17) is 4.74 Å². The second kappa shape index (κ2) is 7.27. The SMILES string of the molecule is CCOC(=O)c1ccc(-n2cc(CN3CCCC3=O)c3ccccc32)cc1. The van der Waals surface area contributed by atoms with Crippen molar-refractivity contribution in [2.24, 2.45) is 0 Å². The highest BCUT2D eigenvalue weighted by atomic mass is 16.5. The molecule has 2 heterocycles. The molecular weight excluding hydrogens is 340 g/mol. The molecule has 3 aromatic rings. The van der Waals surface area contributed by atoms with Gasteiger partial charge in [0.15, 0.2) is 0 Å². The number of hydrogen-bond donors (Lipinski definition) is 0. The second-order valence-corrected chi connectivity index (χ2v) is 6.73. The number of amides is 1. The number of para-hydroxylation sites is 1. The molecule has 2 aromatic carbocycles. The molecule has 0 aliphatic carbocycles. The van der Waals surface area contributed by atoms with Crippen molar-refractivity contribution in [3.63, 3.8) is 0 Å². The van der Waals surface area contributed by atoms with E-state index in [1.54, 1.807) is 19.1 Å². The number of fused-ring (bicyclic) bond motifs is 1. The van der Waals surface area contributed by atoms with Crippen LogP contribution < -0.4 is 0 Å². The molecule has 0 radical (unpaired) electrons. The Labute approximate surface area is 158 Å². The molecular formula is C22H22N2O3. The third-order valence-electron chi connectivity index (χ3n) is 4.98. The second-order valence-electron chi connectivity index (χ2n) is 6.73. The zero-order valence-electron chi connectivity index (χ0n) is 15.4. The Balaban J connectivity index is 1.69. The van der Waals surface area contributed by atoms with Crippen LogP contribution in [0.1, 0.15) is 35.7 Å². The molecule has 1 fully saturated rings. The van der Waals surface area contributed by atoms with E-state index in [0.29, 0.717) is 25.1 Å². The lowest BCUT2D eigenvalue weighted by Crippen LogP contribution is -2.23. The summed E-state index contributed by atoms with van der Waals surface area (Å²) in [5.74, 6) is -0.0831. The number of carbonyl (C=O) groups is 2. The van der Waals surface area contributed by atoms with Crippen molar-refractivity contribution in [3.8, 4) is 5.69 Å². The molecule has 0 unspecified atom stereocenters. The zero-order valence-corrected chi connectivity index (χ0v) is 15.4. The first-order valence-electron chi connectivity index (χ1n) is 9.31. The Hall–Kier alpha value is -3.08. The first-order valence-corrected chi connectivity index (χ1v) is 9.31. The normalized spacial score (nSPS) is 14.1. The molecule has 1 amide bonds. The Morgan fingerprint density at radius 1 is 1.11 bits per heavy atom. The third-order valence-corrected chi connectivity index (χ3v) is 4.98. The van der Waals surface area contributed by atoms with Crippen molar-refractivity contribution < 1.29 is 14.3 Å². The average molecular weight is 362 g/mol. The monoisotopic (exact) mass is 362 g/mol. The van der Waals surface area contributed by atoms with Gasteiger partial charge in [-0.1, -0.05) is 18.2 Å². The quantitative estimate of drug-likeness (QED) is 0.646. The van der Waals surface area contributed by atoms with Crippen LogP contribution in [-0.2, 0) is 16.1 Å². The van der Waals surface area contributed by atoms with Gasteiger partial charge < -0.3 is 14.2 Å². The van der Waals surface area contributed by atoms with Crippen LogP contribution in [0, 0.1) is 0 Å². The molecule has 0 atom stereocenters. The lowest BCUT2D eigenvalue weighted by Gasteiger charge is -2.14. The van der Waals surface area contributed by atoms with Gasteiger partial charge in [-0.3, -0.25) is 4.79 Å². The summed E-state index contributed by atoms with van der Waals surface area (Å²) in [5, 5.41) is 1.15. The summed E-state index contributed by atoms with van der Waals surface area (Å²) < 4.78 is 7.16. The number of rotatable bonds is 5. The highest BCUT2D eigenvalue weighted by molar-refractivity contribution is 5.90. The Morgan fingerprint density at radius 2 is 1.89 bits per heavy atom. The molecule has 5 nitrogen and oxygen atoms in total. The van der Waals surface area contributed by atoms with Gasteiger partial charge in [-0.2, -0.15) is 0 Å². The lowest BCUT2D eigenvalue weighted by molar-refractivity contribution is -0.128. The zero-order chi connectivity index (χ0) is 18.8. The number of benzene rings is 2. The number of esters is 1. The molecule has 0 spiro atoms. The molecule has 1 saturated heterocycles. The van der Waals surface area contributed by atoms with Gasteiger partial charge in [-0.15, -0.1) is 0 Å². The fourth-order valence-electron chi connectivity index (χ4n) is 3.64. The first-order chi connectivity index (χ1) is 13.2. The first kappa shape index (κ1) is 17.3. The Bertz CT molecular complexity index is 988. The predicted molar refractivity (Wildman–Crippen MR) is 104 cm³/mol.